The van der Waals surface area contributed by atoms with Crippen LogP contribution in [0.2, 0.25) is 0 Å². The van der Waals surface area contributed by atoms with Crippen molar-refractivity contribution in [1.29, 1.82) is 0 Å². The molecular formula is C8H12BrFO. The molecule has 0 heterocycles. The monoisotopic (exact) mass is 222 g/mol. The largest absolute Gasteiger partial charge is 0.392 e. The molecule has 1 nitrogen and oxygen atoms in total. The molecule has 1 N–H and O–H groups in total. The third-order valence-electron chi connectivity index (χ3n) is 1.11. The third-order valence-corrected chi connectivity index (χ3v) is 1.81. The van der Waals surface area contributed by atoms with Crippen LogP contribution < -0.4 is 0 Å². The molecule has 0 amide bonds. The molecule has 0 aliphatic carbocycles. The van der Waals surface area contributed by atoms with Gasteiger partial charge in [-0.25, -0.2) is 4.39 Å². The molecule has 0 saturated heterocycles. The molecule has 0 atom stereocenters. The second-order valence-corrected chi connectivity index (χ2v) is 2.93. The van der Waals surface area contributed by atoms with Crippen molar-refractivity contribution in [2.24, 2.45) is 0 Å². The van der Waals surface area contributed by atoms with Gasteiger partial charge in [0.2, 0.25) is 0 Å². The van der Waals surface area contributed by atoms with Gasteiger partial charge in [0.05, 0.1) is 6.61 Å². The Bertz CT molecular complexity index is 163. The molecule has 0 aromatic heterocycles. The van der Waals surface area contributed by atoms with E-state index in [4.69, 9.17) is 5.11 Å². The second kappa shape index (κ2) is 6.55. The Labute approximate surface area is 74.7 Å². The van der Waals surface area contributed by atoms with Crippen LogP contribution in [0.25, 0.3) is 0 Å². The smallest absolute Gasteiger partial charge is 0.135 e. The zero-order valence-corrected chi connectivity index (χ0v) is 8.07. The van der Waals surface area contributed by atoms with Gasteiger partial charge in [-0.1, -0.05) is 19.4 Å². The molecule has 0 bridgehead atoms. The van der Waals surface area contributed by atoms with Gasteiger partial charge in [0.1, 0.15) is 5.83 Å². The first-order valence-corrected chi connectivity index (χ1v) is 4.34. The lowest BCUT2D eigenvalue weighted by molar-refractivity contribution is 0.339. The SMILES string of the molecule is CCC/C=C(Br)\C(F)=C/CO. The molecule has 0 saturated carbocycles. The summed E-state index contributed by atoms with van der Waals surface area (Å²) in [6.45, 7) is 1.76. The summed E-state index contributed by atoms with van der Waals surface area (Å²) >= 11 is 3.05. The first-order chi connectivity index (χ1) is 5.22. The Hall–Kier alpha value is -0.150. The molecule has 11 heavy (non-hydrogen) atoms. The molecule has 0 aliphatic rings. The molecule has 0 spiro atoms. The minimum absolute atomic E-state index is 0.263. The molecule has 0 radical (unpaired) electrons. The zero-order chi connectivity index (χ0) is 8.69. The average molecular weight is 223 g/mol. The van der Waals surface area contributed by atoms with Crippen LogP contribution in [0.4, 0.5) is 4.39 Å². The van der Waals surface area contributed by atoms with Gasteiger partial charge in [-0.05, 0) is 28.4 Å². The van der Waals surface area contributed by atoms with Crippen LogP contribution >= 0.6 is 15.9 Å². The first kappa shape index (κ1) is 10.8. The Morgan fingerprint density at radius 1 is 1.55 bits per heavy atom. The predicted octanol–water partition coefficient (Wildman–Crippen LogP) is 2.91. The maximum atomic E-state index is 12.7. The van der Waals surface area contributed by atoms with Gasteiger partial charge in [0, 0.05) is 4.48 Å². The maximum absolute atomic E-state index is 12.7. The highest BCUT2D eigenvalue weighted by Gasteiger charge is 1.97. The lowest BCUT2D eigenvalue weighted by atomic mass is 10.3. The molecule has 0 aromatic carbocycles. The van der Waals surface area contributed by atoms with Gasteiger partial charge in [0.25, 0.3) is 0 Å². The highest BCUT2D eigenvalue weighted by atomic mass is 79.9. The van der Waals surface area contributed by atoms with Crippen LogP contribution in [0.3, 0.4) is 0 Å². The van der Waals surface area contributed by atoms with Crippen molar-refractivity contribution in [2.45, 2.75) is 19.8 Å². The molecular weight excluding hydrogens is 211 g/mol. The highest BCUT2D eigenvalue weighted by molar-refractivity contribution is 9.11. The summed E-state index contributed by atoms with van der Waals surface area (Å²) in [7, 11) is 0. The van der Waals surface area contributed by atoms with Crippen LogP contribution in [0.5, 0.6) is 0 Å². The standard InChI is InChI=1S/C8H12BrFO/c1-2-3-4-7(9)8(10)5-6-11/h4-5,11H,2-3,6H2,1H3/b7-4+,8-5+. The molecule has 0 unspecified atom stereocenters. The molecule has 0 aromatic rings. The number of unbranched alkanes of at least 4 members (excludes halogenated alkanes) is 1. The quantitative estimate of drug-likeness (QED) is 0.726. The van der Waals surface area contributed by atoms with Crippen LogP contribution in [0.15, 0.2) is 22.5 Å². The third kappa shape index (κ3) is 5.16. The highest BCUT2D eigenvalue weighted by Crippen LogP contribution is 2.18. The minimum Gasteiger partial charge on any atom is -0.392 e. The van der Waals surface area contributed by atoms with Gasteiger partial charge in [-0.3, -0.25) is 0 Å². The maximum Gasteiger partial charge on any atom is 0.135 e. The van der Waals surface area contributed by atoms with Crippen LogP contribution in [0, 0.1) is 0 Å². The van der Waals surface area contributed by atoms with E-state index in [0.717, 1.165) is 18.9 Å². The van der Waals surface area contributed by atoms with Gasteiger partial charge in [-0.15, -0.1) is 0 Å². The molecule has 64 valence electrons. The summed E-state index contributed by atoms with van der Waals surface area (Å²) in [5, 5.41) is 8.35. The second-order valence-electron chi connectivity index (χ2n) is 2.08. The van der Waals surface area contributed by atoms with E-state index in [-0.39, 0.29) is 6.61 Å². The Morgan fingerprint density at radius 2 is 2.18 bits per heavy atom. The van der Waals surface area contributed by atoms with Gasteiger partial charge in [0.15, 0.2) is 0 Å². The molecule has 3 heteroatoms. The van der Waals surface area contributed by atoms with E-state index in [0.29, 0.717) is 4.48 Å². The number of allylic oxidation sites excluding steroid dienone is 3. The fourth-order valence-corrected chi connectivity index (χ4v) is 0.937. The number of rotatable bonds is 4. The number of hydrogen-bond acceptors (Lipinski definition) is 1. The fraction of sp³-hybridized carbons (Fsp3) is 0.500. The van der Waals surface area contributed by atoms with Crippen molar-refractivity contribution in [2.75, 3.05) is 6.61 Å². The van der Waals surface area contributed by atoms with Crippen molar-refractivity contribution in [3.05, 3.63) is 22.5 Å². The molecule has 0 fully saturated rings. The van der Waals surface area contributed by atoms with Crippen molar-refractivity contribution >= 4 is 15.9 Å². The van der Waals surface area contributed by atoms with E-state index >= 15 is 0 Å². The lowest BCUT2D eigenvalue weighted by Crippen LogP contribution is -1.78. The van der Waals surface area contributed by atoms with E-state index in [9.17, 15) is 4.39 Å². The summed E-state index contributed by atoms with van der Waals surface area (Å²) in [4.78, 5) is 0. The number of aliphatic hydroxyl groups is 1. The Kier molecular flexibility index (Phi) is 6.46. The topological polar surface area (TPSA) is 20.2 Å². The number of aliphatic hydroxyl groups excluding tert-OH is 1. The van der Waals surface area contributed by atoms with Gasteiger partial charge < -0.3 is 5.11 Å². The van der Waals surface area contributed by atoms with Crippen LogP contribution in [-0.2, 0) is 0 Å². The zero-order valence-electron chi connectivity index (χ0n) is 6.48. The summed E-state index contributed by atoms with van der Waals surface area (Å²) in [5.41, 5.74) is 0. The number of halogens is 2. The van der Waals surface area contributed by atoms with Crippen molar-refractivity contribution in [1.82, 2.24) is 0 Å². The van der Waals surface area contributed by atoms with Crippen molar-refractivity contribution < 1.29 is 9.50 Å². The van der Waals surface area contributed by atoms with E-state index in [1.54, 1.807) is 6.08 Å². The average Bonchev–Trinajstić information content (AvgIpc) is 2.00. The predicted molar refractivity (Wildman–Crippen MR) is 48.2 cm³/mol. The van der Waals surface area contributed by atoms with E-state index in [1.165, 1.54) is 0 Å². The van der Waals surface area contributed by atoms with Gasteiger partial charge in [-0.2, -0.15) is 0 Å². The van der Waals surface area contributed by atoms with Crippen LogP contribution in [0.1, 0.15) is 19.8 Å². The van der Waals surface area contributed by atoms with E-state index in [2.05, 4.69) is 15.9 Å². The fourth-order valence-electron chi connectivity index (χ4n) is 0.546. The Morgan fingerprint density at radius 3 is 2.64 bits per heavy atom. The summed E-state index contributed by atoms with van der Waals surface area (Å²) in [5.74, 6) is -0.402. The van der Waals surface area contributed by atoms with Crippen LogP contribution in [-0.4, -0.2) is 11.7 Å². The lowest BCUT2D eigenvalue weighted by Gasteiger charge is -1.93. The van der Waals surface area contributed by atoms with E-state index in [1.807, 2.05) is 6.92 Å². The van der Waals surface area contributed by atoms with Gasteiger partial charge >= 0.3 is 0 Å². The first-order valence-electron chi connectivity index (χ1n) is 3.55. The number of hydrogen-bond donors (Lipinski definition) is 1. The summed E-state index contributed by atoms with van der Waals surface area (Å²) in [6, 6.07) is 0. The summed E-state index contributed by atoms with van der Waals surface area (Å²) in [6.07, 6.45) is 4.70. The Balaban J connectivity index is 4.00. The minimum atomic E-state index is -0.402. The normalized spacial score (nSPS) is 13.8. The van der Waals surface area contributed by atoms with Crippen molar-refractivity contribution in [3.63, 3.8) is 0 Å². The van der Waals surface area contributed by atoms with Crippen molar-refractivity contribution in [3.8, 4) is 0 Å². The summed E-state index contributed by atoms with van der Waals surface area (Å²) < 4.78 is 13.1. The van der Waals surface area contributed by atoms with E-state index < -0.39 is 5.83 Å². The molecule has 0 rings (SSSR count). The molecule has 0 aliphatic heterocycles.